The fourth-order valence-corrected chi connectivity index (χ4v) is 1.50. The van der Waals surface area contributed by atoms with Crippen molar-refractivity contribution < 1.29 is 14.3 Å². The Bertz CT molecular complexity index is 350. The summed E-state index contributed by atoms with van der Waals surface area (Å²) < 4.78 is 13.1. The summed E-state index contributed by atoms with van der Waals surface area (Å²) in [5.74, 6) is -0.662. The molecule has 1 aromatic carbocycles. The van der Waals surface area contributed by atoms with E-state index in [1.54, 1.807) is 0 Å². The monoisotopic (exact) mass is 246 g/mol. The quantitative estimate of drug-likeness (QED) is 0.871. The second-order valence-electron chi connectivity index (χ2n) is 2.77. The number of Topliss-reactive ketones (excluding diaryl/α,β-unsaturated/α-hetero) is 1. The van der Waals surface area contributed by atoms with Crippen molar-refractivity contribution in [3.05, 3.63) is 28.0 Å². The summed E-state index contributed by atoms with van der Waals surface area (Å²) in [6, 6.07) is 2.31. The summed E-state index contributed by atoms with van der Waals surface area (Å²) in [5, 5.41) is 9.41. The van der Waals surface area contributed by atoms with Crippen molar-refractivity contribution in [1.82, 2.24) is 0 Å². The van der Waals surface area contributed by atoms with Crippen molar-refractivity contribution >= 4 is 21.7 Å². The molecule has 2 nitrogen and oxygen atoms in total. The van der Waals surface area contributed by atoms with Crippen LogP contribution >= 0.6 is 15.9 Å². The first-order valence-electron chi connectivity index (χ1n) is 3.67. The normalized spacial score (nSPS) is 10.1. The summed E-state index contributed by atoms with van der Waals surface area (Å²) in [6.07, 6.45) is 0.0438. The minimum Gasteiger partial charge on any atom is -0.506 e. The van der Waals surface area contributed by atoms with Crippen LogP contribution < -0.4 is 0 Å². The third kappa shape index (κ3) is 2.52. The zero-order valence-corrected chi connectivity index (χ0v) is 8.56. The first-order chi connectivity index (χ1) is 6.00. The van der Waals surface area contributed by atoms with Gasteiger partial charge in [-0.05, 0) is 35.0 Å². The van der Waals surface area contributed by atoms with Crippen molar-refractivity contribution in [2.45, 2.75) is 13.3 Å². The molecule has 0 unspecified atom stereocenters. The summed E-state index contributed by atoms with van der Waals surface area (Å²) in [4.78, 5) is 10.7. The maximum Gasteiger partial charge on any atom is 0.134 e. The molecule has 0 radical (unpaired) electrons. The van der Waals surface area contributed by atoms with E-state index in [-0.39, 0.29) is 22.4 Å². The number of rotatable bonds is 2. The molecule has 0 aliphatic carbocycles. The molecule has 1 aromatic rings. The SMILES string of the molecule is CC(=O)Cc1cc(F)cc(Br)c1O. The number of carbonyl (C=O) groups excluding carboxylic acids is 1. The Morgan fingerprint density at radius 3 is 2.77 bits per heavy atom. The Balaban J connectivity index is 3.12. The van der Waals surface area contributed by atoms with Crippen LogP contribution in [-0.2, 0) is 11.2 Å². The first kappa shape index (κ1) is 10.2. The predicted octanol–water partition coefficient (Wildman–Crippen LogP) is 2.43. The zero-order chi connectivity index (χ0) is 10.0. The van der Waals surface area contributed by atoms with Crippen LogP contribution in [0.3, 0.4) is 0 Å². The highest BCUT2D eigenvalue weighted by Crippen LogP contribution is 2.29. The van der Waals surface area contributed by atoms with E-state index in [0.29, 0.717) is 5.56 Å². The van der Waals surface area contributed by atoms with Crippen molar-refractivity contribution in [3.8, 4) is 5.75 Å². The highest BCUT2D eigenvalue weighted by molar-refractivity contribution is 9.10. The van der Waals surface area contributed by atoms with Gasteiger partial charge in [-0.25, -0.2) is 4.39 Å². The molecule has 1 N–H and O–H groups in total. The van der Waals surface area contributed by atoms with Gasteiger partial charge in [0, 0.05) is 12.0 Å². The average Bonchev–Trinajstić information content (AvgIpc) is 1.98. The minimum absolute atomic E-state index is 0.0438. The summed E-state index contributed by atoms with van der Waals surface area (Å²) >= 11 is 2.99. The van der Waals surface area contributed by atoms with E-state index in [4.69, 9.17) is 0 Å². The molecule has 70 valence electrons. The van der Waals surface area contributed by atoms with Crippen molar-refractivity contribution in [2.24, 2.45) is 0 Å². The van der Waals surface area contributed by atoms with Gasteiger partial charge in [0.1, 0.15) is 17.3 Å². The highest BCUT2D eigenvalue weighted by Gasteiger charge is 2.09. The molecule has 0 fully saturated rings. The summed E-state index contributed by atoms with van der Waals surface area (Å²) in [5.41, 5.74) is 0.305. The van der Waals surface area contributed by atoms with E-state index >= 15 is 0 Å². The number of phenolic OH excluding ortho intramolecular Hbond substituents is 1. The second-order valence-corrected chi connectivity index (χ2v) is 3.63. The topological polar surface area (TPSA) is 37.3 Å². The second kappa shape index (κ2) is 3.87. The lowest BCUT2D eigenvalue weighted by Crippen LogP contribution is -1.97. The minimum atomic E-state index is -0.471. The van der Waals surface area contributed by atoms with Gasteiger partial charge in [-0.1, -0.05) is 0 Å². The highest BCUT2D eigenvalue weighted by atomic mass is 79.9. The molecule has 4 heteroatoms. The number of aromatic hydroxyl groups is 1. The predicted molar refractivity (Wildman–Crippen MR) is 50.1 cm³/mol. The van der Waals surface area contributed by atoms with Crippen LogP contribution in [-0.4, -0.2) is 10.9 Å². The molecule has 0 heterocycles. The van der Waals surface area contributed by atoms with E-state index in [2.05, 4.69) is 15.9 Å². The van der Waals surface area contributed by atoms with Gasteiger partial charge in [0.05, 0.1) is 4.47 Å². The van der Waals surface area contributed by atoms with Crippen LogP contribution in [0.5, 0.6) is 5.75 Å². The van der Waals surface area contributed by atoms with E-state index in [1.165, 1.54) is 6.92 Å². The largest absolute Gasteiger partial charge is 0.506 e. The van der Waals surface area contributed by atoms with Crippen LogP contribution in [0.2, 0.25) is 0 Å². The average molecular weight is 247 g/mol. The Labute approximate surface area is 83.5 Å². The van der Waals surface area contributed by atoms with Crippen molar-refractivity contribution in [3.63, 3.8) is 0 Å². The van der Waals surface area contributed by atoms with E-state index in [0.717, 1.165) is 12.1 Å². The standard InChI is InChI=1S/C9H8BrFO2/c1-5(12)2-6-3-7(11)4-8(10)9(6)13/h3-4,13H,2H2,1H3. The van der Waals surface area contributed by atoms with Gasteiger partial charge in [-0.15, -0.1) is 0 Å². The Morgan fingerprint density at radius 2 is 2.23 bits per heavy atom. The van der Waals surface area contributed by atoms with Crippen molar-refractivity contribution in [2.75, 3.05) is 0 Å². The molecule has 0 amide bonds. The Kier molecular flexibility index (Phi) is 3.03. The molecular weight excluding hydrogens is 239 g/mol. The molecule has 0 saturated heterocycles. The number of hydrogen-bond donors (Lipinski definition) is 1. The zero-order valence-electron chi connectivity index (χ0n) is 6.97. The van der Waals surface area contributed by atoms with E-state index < -0.39 is 5.82 Å². The van der Waals surface area contributed by atoms with Crippen LogP contribution in [0.4, 0.5) is 4.39 Å². The number of carbonyl (C=O) groups is 1. The van der Waals surface area contributed by atoms with Gasteiger partial charge >= 0.3 is 0 Å². The smallest absolute Gasteiger partial charge is 0.134 e. The van der Waals surface area contributed by atoms with Crippen LogP contribution in [0, 0.1) is 5.82 Å². The van der Waals surface area contributed by atoms with Crippen LogP contribution in [0.1, 0.15) is 12.5 Å². The summed E-state index contributed by atoms with van der Waals surface area (Å²) in [7, 11) is 0. The first-order valence-corrected chi connectivity index (χ1v) is 4.46. The van der Waals surface area contributed by atoms with Gasteiger partial charge < -0.3 is 5.11 Å². The van der Waals surface area contributed by atoms with Gasteiger partial charge in [0.2, 0.25) is 0 Å². The molecule has 0 atom stereocenters. The van der Waals surface area contributed by atoms with Gasteiger partial charge in [0.25, 0.3) is 0 Å². The van der Waals surface area contributed by atoms with E-state index in [1.807, 2.05) is 0 Å². The fourth-order valence-electron chi connectivity index (χ4n) is 1.02. The lowest BCUT2D eigenvalue weighted by molar-refractivity contribution is -0.116. The molecule has 0 spiro atoms. The number of halogens is 2. The maximum absolute atomic E-state index is 12.8. The molecule has 1 rings (SSSR count). The van der Waals surface area contributed by atoms with Gasteiger partial charge in [0.15, 0.2) is 0 Å². The van der Waals surface area contributed by atoms with E-state index in [9.17, 15) is 14.3 Å². The third-order valence-electron chi connectivity index (χ3n) is 1.55. The number of benzene rings is 1. The lowest BCUT2D eigenvalue weighted by Gasteiger charge is -2.04. The molecule has 0 aromatic heterocycles. The molecule has 0 bridgehead atoms. The molecule has 0 aliphatic heterocycles. The molecule has 0 saturated carbocycles. The van der Waals surface area contributed by atoms with Crippen molar-refractivity contribution in [1.29, 1.82) is 0 Å². The van der Waals surface area contributed by atoms with Gasteiger partial charge in [-0.3, -0.25) is 4.79 Å². The number of phenols is 1. The Morgan fingerprint density at radius 1 is 1.62 bits per heavy atom. The lowest BCUT2D eigenvalue weighted by atomic mass is 10.1. The molecule has 0 aliphatic rings. The third-order valence-corrected chi connectivity index (χ3v) is 2.15. The summed E-state index contributed by atoms with van der Waals surface area (Å²) in [6.45, 7) is 1.39. The van der Waals surface area contributed by atoms with Crippen LogP contribution in [0.15, 0.2) is 16.6 Å². The van der Waals surface area contributed by atoms with Crippen LogP contribution in [0.25, 0.3) is 0 Å². The molecule has 13 heavy (non-hydrogen) atoms. The molecular formula is C9H8BrFO2. The Hall–Kier alpha value is -0.900. The maximum atomic E-state index is 12.8. The van der Waals surface area contributed by atoms with Gasteiger partial charge in [-0.2, -0.15) is 0 Å². The number of ketones is 1. The number of hydrogen-bond acceptors (Lipinski definition) is 2. The fraction of sp³-hybridized carbons (Fsp3) is 0.222.